The Balaban J connectivity index is 1.83. The maximum atomic E-state index is 12.4. The molecule has 3 aromatic rings. The number of benzene rings is 1. The van der Waals surface area contributed by atoms with Crippen LogP contribution in [0.2, 0.25) is 0 Å². The summed E-state index contributed by atoms with van der Waals surface area (Å²) in [5.41, 5.74) is 3.88. The predicted octanol–water partition coefficient (Wildman–Crippen LogP) is 2.47. The van der Waals surface area contributed by atoms with E-state index in [1.807, 2.05) is 51.2 Å². The van der Waals surface area contributed by atoms with E-state index in [4.69, 9.17) is 0 Å². The molecule has 0 fully saturated rings. The standard InChI is InChI=1S/C16H17N5O/c1-11-15(12(2)20(3)19-11)18-16(22)13-9-17-21(10-13)14-7-5-4-6-8-14/h4-10H,1-3H3,(H,18,22). The summed E-state index contributed by atoms with van der Waals surface area (Å²) in [5, 5.41) is 11.4. The van der Waals surface area contributed by atoms with Crippen LogP contribution in [0.25, 0.3) is 5.69 Å². The Morgan fingerprint density at radius 1 is 1.18 bits per heavy atom. The van der Waals surface area contributed by atoms with Gasteiger partial charge in [0, 0.05) is 13.2 Å². The second kappa shape index (κ2) is 5.48. The van der Waals surface area contributed by atoms with Crippen LogP contribution in [-0.2, 0) is 7.05 Å². The van der Waals surface area contributed by atoms with Crippen LogP contribution in [-0.4, -0.2) is 25.5 Å². The Kier molecular flexibility index (Phi) is 3.50. The number of aryl methyl sites for hydroxylation is 2. The van der Waals surface area contributed by atoms with Crippen molar-refractivity contribution >= 4 is 11.6 Å². The molecule has 6 heteroatoms. The molecule has 22 heavy (non-hydrogen) atoms. The third-order valence-corrected chi connectivity index (χ3v) is 3.61. The first kappa shape index (κ1) is 14.1. The van der Waals surface area contributed by atoms with Gasteiger partial charge in [0.05, 0.1) is 34.5 Å². The monoisotopic (exact) mass is 295 g/mol. The second-order valence-corrected chi connectivity index (χ2v) is 5.13. The zero-order valence-corrected chi connectivity index (χ0v) is 12.7. The van der Waals surface area contributed by atoms with E-state index in [0.717, 1.165) is 22.8 Å². The number of hydrogen-bond donors (Lipinski definition) is 1. The molecule has 0 saturated carbocycles. The van der Waals surface area contributed by atoms with Gasteiger partial charge >= 0.3 is 0 Å². The fourth-order valence-electron chi connectivity index (χ4n) is 2.30. The number of rotatable bonds is 3. The smallest absolute Gasteiger partial charge is 0.258 e. The zero-order chi connectivity index (χ0) is 15.7. The minimum Gasteiger partial charge on any atom is -0.319 e. The highest BCUT2D eigenvalue weighted by atomic mass is 16.1. The van der Waals surface area contributed by atoms with Gasteiger partial charge in [-0.05, 0) is 26.0 Å². The minimum absolute atomic E-state index is 0.193. The van der Waals surface area contributed by atoms with Crippen LogP contribution in [0.5, 0.6) is 0 Å². The fraction of sp³-hybridized carbons (Fsp3) is 0.188. The van der Waals surface area contributed by atoms with Crippen molar-refractivity contribution in [2.45, 2.75) is 13.8 Å². The summed E-state index contributed by atoms with van der Waals surface area (Å²) < 4.78 is 3.43. The lowest BCUT2D eigenvalue weighted by atomic mass is 10.2. The lowest BCUT2D eigenvalue weighted by molar-refractivity contribution is 0.102. The average molecular weight is 295 g/mol. The Labute approximate surface area is 128 Å². The van der Waals surface area contributed by atoms with Gasteiger partial charge in [-0.25, -0.2) is 4.68 Å². The molecule has 1 amide bonds. The summed E-state index contributed by atoms with van der Waals surface area (Å²) in [6.07, 6.45) is 3.27. The van der Waals surface area contributed by atoms with Gasteiger partial charge in [0.25, 0.3) is 5.91 Å². The number of nitrogens with one attached hydrogen (secondary N) is 1. The quantitative estimate of drug-likeness (QED) is 0.807. The first-order valence-corrected chi connectivity index (χ1v) is 6.98. The molecule has 0 unspecified atom stereocenters. The van der Waals surface area contributed by atoms with E-state index >= 15 is 0 Å². The number of para-hydroxylation sites is 1. The molecule has 1 aromatic carbocycles. The molecule has 0 radical (unpaired) electrons. The molecule has 2 aromatic heterocycles. The maximum absolute atomic E-state index is 12.4. The van der Waals surface area contributed by atoms with E-state index in [1.165, 1.54) is 0 Å². The highest BCUT2D eigenvalue weighted by molar-refractivity contribution is 6.04. The van der Waals surface area contributed by atoms with Crippen molar-refractivity contribution in [1.82, 2.24) is 19.6 Å². The van der Waals surface area contributed by atoms with Crippen molar-refractivity contribution in [3.63, 3.8) is 0 Å². The lowest BCUT2D eigenvalue weighted by Gasteiger charge is -2.04. The summed E-state index contributed by atoms with van der Waals surface area (Å²) >= 11 is 0. The van der Waals surface area contributed by atoms with Crippen molar-refractivity contribution in [1.29, 1.82) is 0 Å². The lowest BCUT2D eigenvalue weighted by Crippen LogP contribution is -2.12. The van der Waals surface area contributed by atoms with Gasteiger partial charge < -0.3 is 5.32 Å². The van der Waals surface area contributed by atoms with Crippen molar-refractivity contribution in [3.05, 3.63) is 59.7 Å². The van der Waals surface area contributed by atoms with Crippen molar-refractivity contribution in [2.75, 3.05) is 5.32 Å². The molecule has 0 aliphatic rings. The number of amides is 1. The van der Waals surface area contributed by atoms with Crippen LogP contribution < -0.4 is 5.32 Å². The van der Waals surface area contributed by atoms with E-state index in [2.05, 4.69) is 15.5 Å². The molecule has 0 spiro atoms. The van der Waals surface area contributed by atoms with E-state index in [9.17, 15) is 4.79 Å². The van der Waals surface area contributed by atoms with E-state index in [1.54, 1.807) is 21.8 Å². The maximum Gasteiger partial charge on any atom is 0.258 e. The molecule has 6 nitrogen and oxygen atoms in total. The molecule has 1 N–H and O–H groups in total. The highest BCUT2D eigenvalue weighted by Gasteiger charge is 2.15. The van der Waals surface area contributed by atoms with Crippen LogP contribution in [0.15, 0.2) is 42.7 Å². The highest BCUT2D eigenvalue weighted by Crippen LogP contribution is 2.19. The number of hydrogen-bond acceptors (Lipinski definition) is 3. The predicted molar refractivity (Wildman–Crippen MR) is 84.2 cm³/mol. The molecular weight excluding hydrogens is 278 g/mol. The fourth-order valence-corrected chi connectivity index (χ4v) is 2.30. The first-order chi connectivity index (χ1) is 10.6. The summed E-state index contributed by atoms with van der Waals surface area (Å²) in [6.45, 7) is 3.79. The molecule has 2 heterocycles. The van der Waals surface area contributed by atoms with Crippen LogP contribution in [0, 0.1) is 13.8 Å². The van der Waals surface area contributed by atoms with Gasteiger partial charge in [0.2, 0.25) is 0 Å². The van der Waals surface area contributed by atoms with Crippen LogP contribution in [0.3, 0.4) is 0 Å². The number of carbonyl (C=O) groups excluding carboxylic acids is 1. The molecule has 0 aliphatic carbocycles. The number of carbonyl (C=O) groups is 1. The van der Waals surface area contributed by atoms with Crippen molar-refractivity contribution in [3.8, 4) is 5.69 Å². The topological polar surface area (TPSA) is 64.7 Å². The molecular formula is C16H17N5O. The van der Waals surface area contributed by atoms with Crippen LogP contribution in [0.4, 0.5) is 5.69 Å². The molecule has 0 saturated heterocycles. The van der Waals surface area contributed by atoms with Gasteiger partial charge in [-0.15, -0.1) is 0 Å². The first-order valence-electron chi connectivity index (χ1n) is 6.98. The van der Waals surface area contributed by atoms with Crippen molar-refractivity contribution < 1.29 is 4.79 Å². The Morgan fingerprint density at radius 3 is 2.55 bits per heavy atom. The normalized spacial score (nSPS) is 10.7. The molecule has 3 rings (SSSR count). The van der Waals surface area contributed by atoms with Gasteiger partial charge in [0.1, 0.15) is 0 Å². The second-order valence-electron chi connectivity index (χ2n) is 5.13. The van der Waals surface area contributed by atoms with E-state index in [0.29, 0.717) is 5.56 Å². The summed E-state index contributed by atoms with van der Waals surface area (Å²) in [5.74, 6) is -0.193. The summed E-state index contributed by atoms with van der Waals surface area (Å²) in [7, 11) is 1.85. The van der Waals surface area contributed by atoms with Crippen molar-refractivity contribution in [2.24, 2.45) is 7.05 Å². The van der Waals surface area contributed by atoms with Gasteiger partial charge in [0.15, 0.2) is 0 Å². The molecule has 112 valence electrons. The molecule has 0 atom stereocenters. The zero-order valence-electron chi connectivity index (χ0n) is 12.7. The summed E-state index contributed by atoms with van der Waals surface area (Å²) in [4.78, 5) is 12.4. The third kappa shape index (κ3) is 2.50. The number of nitrogens with zero attached hydrogens (tertiary/aromatic N) is 4. The third-order valence-electron chi connectivity index (χ3n) is 3.61. The molecule has 0 bridgehead atoms. The minimum atomic E-state index is -0.193. The van der Waals surface area contributed by atoms with Crippen LogP contribution >= 0.6 is 0 Å². The summed E-state index contributed by atoms with van der Waals surface area (Å²) in [6, 6.07) is 9.67. The largest absolute Gasteiger partial charge is 0.319 e. The van der Waals surface area contributed by atoms with Gasteiger partial charge in [-0.1, -0.05) is 18.2 Å². The van der Waals surface area contributed by atoms with Gasteiger partial charge in [-0.3, -0.25) is 9.48 Å². The Morgan fingerprint density at radius 2 is 1.91 bits per heavy atom. The van der Waals surface area contributed by atoms with Gasteiger partial charge in [-0.2, -0.15) is 10.2 Å². The number of anilines is 1. The molecule has 0 aliphatic heterocycles. The van der Waals surface area contributed by atoms with E-state index in [-0.39, 0.29) is 5.91 Å². The Bertz CT molecular complexity index is 816. The average Bonchev–Trinajstić information content (AvgIpc) is 3.10. The van der Waals surface area contributed by atoms with Crippen LogP contribution in [0.1, 0.15) is 21.7 Å². The number of aromatic nitrogens is 4. The SMILES string of the molecule is Cc1nn(C)c(C)c1NC(=O)c1cnn(-c2ccccc2)c1. The van der Waals surface area contributed by atoms with E-state index < -0.39 is 0 Å². The Hall–Kier alpha value is -2.89.